The second kappa shape index (κ2) is 4.68. The Labute approximate surface area is 111 Å². The van der Waals surface area contributed by atoms with Crippen molar-refractivity contribution in [2.24, 2.45) is 0 Å². The average molecular weight is 253 g/mol. The molecule has 0 aliphatic heterocycles. The fourth-order valence-corrected chi connectivity index (χ4v) is 2.07. The smallest absolute Gasteiger partial charge is 0.225 e. The Morgan fingerprint density at radius 2 is 1.95 bits per heavy atom. The number of nitrogens with zero attached hydrogens (tertiary/aromatic N) is 3. The van der Waals surface area contributed by atoms with Gasteiger partial charge in [0.2, 0.25) is 5.95 Å². The van der Waals surface area contributed by atoms with E-state index in [9.17, 15) is 0 Å². The molecule has 19 heavy (non-hydrogen) atoms. The lowest BCUT2D eigenvalue weighted by Gasteiger charge is -2.06. The molecule has 2 aromatic heterocycles. The van der Waals surface area contributed by atoms with Gasteiger partial charge < -0.3 is 5.32 Å². The number of fused-ring (bicyclic) bond motifs is 1. The number of hydrogen-bond donors (Lipinski definition) is 2. The Bertz CT molecular complexity index is 699. The minimum atomic E-state index is 0.589. The van der Waals surface area contributed by atoms with Crippen LogP contribution in [0.3, 0.4) is 0 Å². The first-order valence-electron chi connectivity index (χ1n) is 6.30. The van der Waals surface area contributed by atoms with Crippen molar-refractivity contribution < 1.29 is 0 Å². The fourth-order valence-electron chi connectivity index (χ4n) is 2.07. The number of hydrogen-bond acceptors (Lipinski definition) is 4. The van der Waals surface area contributed by atoms with Gasteiger partial charge in [0.25, 0.3) is 0 Å². The molecule has 0 unspecified atom stereocenters. The second-order valence-corrected chi connectivity index (χ2v) is 4.33. The van der Waals surface area contributed by atoms with Gasteiger partial charge in [0.05, 0.1) is 17.3 Å². The Hall–Kier alpha value is -2.43. The zero-order valence-electron chi connectivity index (χ0n) is 10.9. The van der Waals surface area contributed by atoms with Gasteiger partial charge >= 0.3 is 0 Å². The van der Waals surface area contributed by atoms with Crippen molar-refractivity contribution in [1.29, 1.82) is 0 Å². The molecule has 0 radical (unpaired) electrons. The van der Waals surface area contributed by atoms with Gasteiger partial charge in [-0.3, -0.25) is 5.10 Å². The largest absolute Gasteiger partial charge is 0.357 e. The van der Waals surface area contributed by atoms with Crippen LogP contribution in [0, 0.1) is 0 Å². The van der Waals surface area contributed by atoms with E-state index < -0.39 is 0 Å². The highest BCUT2D eigenvalue weighted by Gasteiger charge is 2.10. The van der Waals surface area contributed by atoms with Gasteiger partial charge in [-0.15, -0.1) is 0 Å². The highest BCUT2D eigenvalue weighted by molar-refractivity contribution is 5.90. The van der Waals surface area contributed by atoms with Gasteiger partial charge in [-0.2, -0.15) is 10.1 Å². The third-order valence-corrected chi connectivity index (χ3v) is 3.17. The van der Waals surface area contributed by atoms with Crippen LogP contribution in [0.2, 0.25) is 0 Å². The van der Waals surface area contributed by atoms with Crippen molar-refractivity contribution in [3.05, 3.63) is 36.0 Å². The van der Waals surface area contributed by atoms with Gasteiger partial charge in [-0.1, -0.05) is 31.2 Å². The van der Waals surface area contributed by atoms with E-state index in [1.807, 2.05) is 7.05 Å². The monoisotopic (exact) mass is 253 g/mol. The average Bonchev–Trinajstić information content (AvgIpc) is 2.94. The normalized spacial score (nSPS) is 10.8. The number of aryl methyl sites for hydroxylation is 1. The predicted octanol–water partition coefficient (Wildman–Crippen LogP) is 2.62. The number of aromatic nitrogens is 4. The summed E-state index contributed by atoms with van der Waals surface area (Å²) in [7, 11) is 1.81. The summed E-state index contributed by atoms with van der Waals surface area (Å²) >= 11 is 0. The molecule has 3 aromatic rings. The molecule has 0 atom stereocenters. The summed E-state index contributed by atoms with van der Waals surface area (Å²) < 4.78 is 0. The molecule has 0 spiro atoms. The van der Waals surface area contributed by atoms with Crippen LogP contribution in [0.15, 0.2) is 30.5 Å². The summed E-state index contributed by atoms with van der Waals surface area (Å²) in [6, 6.07) is 8.44. The van der Waals surface area contributed by atoms with Crippen LogP contribution in [0.5, 0.6) is 0 Å². The molecule has 1 aromatic carbocycles. The Morgan fingerprint density at radius 3 is 2.63 bits per heavy atom. The molecular weight excluding hydrogens is 238 g/mol. The van der Waals surface area contributed by atoms with E-state index in [-0.39, 0.29) is 0 Å². The SMILES string of the molecule is CCc1ccc(-c2nc(NC)nc3[nH]ncc23)cc1. The van der Waals surface area contributed by atoms with Crippen LogP contribution in [-0.4, -0.2) is 27.2 Å². The molecule has 0 amide bonds. The summed E-state index contributed by atoms with van der Waals surface area (Å²) in [5.74, 6) is 0.589. The van der Waals surface area contributed by atoms with Crippen LogP contribution >= 0.6 is 0 Å². The molecule has 0 saturated carbocycles. The Morgan fingerprint density at radius 1 is 1.16 bits per heavy atom. The van der Waals surface area contributed by atoms with Gasteiger partial charge in [0.15, 0.2) is 5.65 Å². The van der Waals surface area contributed by atoms with Gasteiger partial charge in [-0.05, 0) is 12.0 Å². The summed E-state index contributed by atoms with van der Waals surface area (Å²) in [6.45, 7) is 2.15. The van der Waals surface area contributed by atoms with Gasteiger partial charge in [0, 0.05) is 12.6 Å². The molecule has 5 heteroatoms. The van der Waals surface area contributed by atoms with Crippen LogP contribution in [0.4, 0.5) is 5.95 Å². The van der Waals surface area contributed by atoms with Crippen molar-refractivity contribution >= 4 is 17.0 Å². The molecule has 0 bridgehead atoms. The summed E-state index contributed by atoms with van der Waals surface area (Å²) in [5.41, 5.74) is 4.03. The zero-order chi connectivity index (χ0) is 13.2. The Balaban J connectivity index is 2.18. The van der Waals surface area contributed by atoms with E-state index >= 15 is 0 Å². The van der Waals surface area contributed by atoms with Crippen LogP contribution in [0.25, 0.3) is 22.3 Å². The Kier molecular flexibility index (Phi) is 2.87. The van der Waals surface area contributed by atoms with Crippen LogP contribution in [-0.2, 0) is 6.42 Å². The molecule has 3 rings (SSSR count). The van der Waals surface area contributed by atoms with Crippen molar-refractivity contribution in [1.82, 2.24) is 20.2 Å². The molecule has 0 aliphatic rings. The van der Waals surface area contributed by atoms with Crippen molar-refractivity contribution in [2.45, 2.75) is 13.3 Å². The lowest BCUT2D eigenvalue weighted by molar-refractivity contribution is 1.09. The molecule has 2 N–H and O–H groups in total. The van der Waals surface area contributed by atoms with E-state index in [2.05, 4.69) is 56.7 Å². The predicted molar refractivity (Wildman–Crippen MR) is 76.0 cm³/mol. The maximum absolute atomic E-state index is 4.54. The van der Waals surface area contributed by atoms with Gasteiger partial charge in [0.1, 0.15) is 0 Å². The number of H-pyrrole nitrogens is 1. The third kappa shape index (κ3) is 2.03. The molecular formula is C14H15N5. The lowest BCUT2D eigenvalue weighted by atomic mass is 10.1. The van der Waals surface area contributed by atoms with E-state index in [1.54, 1.807) is 6.20 Å². The topological polar surface area (TPSA) is 66.5 Å². The van der Waals surface area contributed by atoms with Crippen molar-refractivity contribution in [2.75, 3.05) is 12.4 Å². The lowest BCUT2D eigenvalue weighted by Crippen LogP contribution is -1.98. The van der Waals surface area contributed by atoms with Crippen LogP contribution in [0.1, 0.15) is 12.5 Å². The number of aromatic amines is 1. The number of anilines is 1. The van der Waals surface area contributed by atoms with Crippen molar-refractivity contribution in [3.8, 4) is 11.3 Å². The number of rotatable bonds is 3. The summed E-state index contributed by atoms with van der Waals surface area (Å²) in [5, 5.41) is 10.8. The molecule has 0 aliphatic carbocycles. The quantitative estimate of drug-likeness (QED) is 0.753. The minimum absolute atomic E-state index is 0.589. The number of benzene rings is 1. The maximum atomic E-state index is 4.54. The highest BCUT2D eigenvalue weighted by Crippen LogP contribution is 2.26. The molecule has 5 nitrogen and oxygen atoms in total. The van der Waals surface area contributed by atoms with E-state index in [0.29, 0.717) is 5.95 Å². The second-order valence-electron chi connectivity index (χ2n) is 4.33. The zero-order valence-corrected chi connectivity index (χ0v) is 10.9. The first-order chi connectivity index (χ1) is 9.31. The standard InChI is InChI=1S/C14H15N5/c1-3-9-4-6-10(7-5-9)12-11-8-16-19-13(11)18-14(15-2)17-12/h4-8H,3H2,1-2H3,(H2,15,16,17,18,19). The van der Waals surface area contributed by atoms with Crippen molar-refractivity contribution in [3.63, 3.8) is 0 Å². The summed E-state index contributed by atoms with van der Waals surface area (Å²) in [6.07, 6.45) is 2.80. The molecule has 0 saturated heterocycles. The molecule has 96 valence electrons. The minimum Gasteiger partial charge on any atom is -0.357 e. The molecule has 0 fully saturated rings. The van der Waals surface area contributed by atoms with Crippen LogP contribution < -0.4 is 5.32 Å². The number of nitrogens with one attached hydrogen (secondary N) is 2. The van der Waals surface area contributed by atoms with Gasteiger partial charge in [-0.25, -0.2) is 4.98 Å². The van der Waals surface area contributed by atoms with E-state index in [1.165, 1.54) is 5.56 Å². The summed E-state index contributed by atoms with van der Waals surface area (Å²) in [4.78, 5) is 8.87. The first-order valence-corrected chi connectivity index (χ1v) is 6.30. The molecule has 2 heterocycles. The van der Waals surface area contributed by atoms with E-state index in [0.717, 1.165) is 28.7 Å². The third-order valence-electron chi connectivity index (χ3n) is 3.17. The highest BCUT2D eigenvalue weighted by atomic mass is 15.2. The first kappa shape index (κ1) is 11.6. The fraction of sp³-hybridized carbons (Fsp3) is 0.214. The maximum Gasteiger partial charge on any atom is 0.225 e. The van der Waals surface area contributed by atoms with E-state index in [4.69, 9.17) is 0 Å².